The van der Waals surface area contributed by atoms with Gasteiger partial charge in [-0.1, -0.05) is 12.2 Å². The molecule has 3 atom stereocenters. The lowest BCUT2D eigenvalue weighted by Crippen LogP contribution is -2.29. The second-order valence-corrected chi connectivity index (χ2v) is 2.91. The Morgan fingerprint density at radius 3 is 2.31 bits per heavy atom. The topological polar surface area (TPSA) is 49.7 Å². The van der Waals surface area contributed by atoms with Gasteiger partial charge in [0, 0.05) is 19.6 Å². The summed E-state index contributed by atoms with van der Waals surface area (Å²) in [6.45, 7) is 7.07. The Labute approximate surface area is 79.3 Å². The summed E-state index contributed by atoms with van der Waals surface area (Å²) in [4.78, 5) is 0. The monoisotopic (exact) mass is 186 g/mol. The van der Waals surface area contributed by atoms with Crippen molar-refractivity contribution in [2.75, 3.05) is 13.7 Å². The fourth-order valence-electron chi connectivity index (χ4n) is 1.07. The second-order valence-electron chi connectivity index (χ2n) is 2.91. The highest BCUT2D eigenvalue weighted by molar-refractivity contribution is 4.89. The van der Waals surface area contributed by atoms with E-state index in [0.717, 1.165) is 0 Å². The van der Waals surface area contributed by atoms with Crippen LogP contribution in [0, 0.1) is 5.92 Å². The lowest BCUT2D eigenvalue weighted by atomic mass is 9.99. The maximum absolute atomic E-state index is 9.40. The molecule has 0 fully saturated rings. The van der Waals surface area contributed by atoms with E-state index in [1.807, 2.05) is 0 Å². The fraction of sp³-hybridized carbons (Fsp3) is 0.600. The number of hydrogen-bond acceptors (Lipinski definition) is 3. The second kappa shape index (κ2) is 6.83. The molecule has 0 heterocycles. The normalized spacial score (nSPS) is 17.5. The molecule has 0 saturated carbocycles. The van der Waals surface area contributed by atoms with E-state index in [-0.39, 0.29) is 18.6 Å². The minimum absolute atomic E-state index is 0.0211. The molecule has 3 nitrogen and oxygen atoms in total. The summed E-state index contributed by atoms with van der Waals surface area (Å²) in [5.41, 5.74) is 0. The number of ether oxygens (including phenoxy) is 1. The highest BCUT2D eigenvalue weighted by Gasteiger charge is 2.18. The maximum Gasteiger partial charge on any atom is 0.0980 e. The van der Waals surface area contributed by atoms with Gasteiger partial charge in [0.2, 0.25) is 0 Å². The van der Waals surface area contributed by atoms with Crippen LogP contribution in [0.15, 0.2) is 25.3 Å². The van der Waals surface area contributed by atoms with Crippen LogP contribution < -0.4 is 0 Å². The Balaban J connectivity index is 4.09. The Bertz CT molecular complexity index is 156. The Morgan fingerprint density at radius 1 is 1.38 bits per heavy atom. The molecule has 0 aromatic heterocycles. The van der Waals surface area contributed by atoms with Gasteiger partial charge in [0.05, 0.1) is 12.2 Å². The summed E-state index contributed by atoms with van der Waals surface area (Å²) in [7, 11) is 1.52. The molecule has 0 bridgehead atoms. The van der Waals surface area contributed by atoms with Gasteiger partial charge in [-0.05, 0) is 6.42 Å². The predicted molar refractivity (Wildman–Crippen MR) is 52.4 cm³/mol. The summed E-state index contributed by atoms with van der Waals surface area (Å²) >= 11 is 0. The minimum Gasteiger partial charge on any atom is -0.396 e. The van der Waals surface area contributed by atoms with Crippen molar-refractivity contribution in [1.29, 1.82) is 0 Å². The summed E-state index contributed by atoms with van der Waals surface area (Å²) in [5.74, 6) is -0.0421. The van der Waals surface area contributed by atoms with Crippen molar-refractivity contribution < 1.29 is 14.9 Å². The van der Waals surface area contributed by atoms with Gasteiger partial charge < -0.3 is 14.9 Å². The van der Waals surface area contributed by atoms with E-state index < -0.39 is 6.10 Å². The van der Waals surface area contributed by atoms with Crippen LogP contribution in [0.5, 0.6) is 0 Å². The number of aliphatic hydroxyl groups excluding tert-OH is 2. The lowest BCUT2D eigenvalue weighted by Gasteiger charge is -2.21. The predicted octanol–water partition coefficient (Wildman–Crippen LogP) is 0.733. The van der Waals surface area contributed by atoms with E-state index in [1.54, 1.807) is 6.08 Å². The van der Waals surface area contributed by atoms with E-state index in [2.05, 4.69) is 13.2 Å². The molecule has 3 heteroatoms. The summed E-state index contributed by atoms with van der Waals surface area (Å²) in [6, 6.07) is 0. The highest BCUT2D eigenvalue weighted by atomic mass is 16.5. The maximum atomic E-state index is 9.40. The van der Waals surface area contributed by atoms with Gasteiger partial charge in [-0.25, -0.2) is 0 Å². The molecular formula is C10H18O3. The SMILES string of the molecule is C=C[C@@H](CO)C[C@@H](OC)[C@H](O)C=C. The molecule has 0 aliphatic carbocycles. The average Bonchev–Trinajstić information content (AvgIpc) is 2.19. The summed E-state index contributed by atoms with van der Waals surface area (Å²) in [6.07, 6.45) is 2.60. The molecule has 0 amide bonds. The van der Waals surface area contributed by atoms with Crippen molar-refractivity contribution in [3.63, 3.8) is 0 Å². The third-order valence-corrected chi connectivity index (χ3v) is 2.03. The number of methoxy groups -OCH3 is 1. The van der Waals surface area contributed by atoms with Gasteiger partial charge in [-0.3, -0.25) is 0 Å². The van der Waals surface area contributed by atoms with Crippen LogP contribution in [0.25, 0.3) is 0 Å². The van der Waals surface area contributed by atoms with Crippen LogP contribution in [0.2, 0.25) is 0 Å². The van der Waals surface area contributed by atoms with Crippen molar-refractivity contribution in [3.05, 3.63) is 25.3 Å². The van der Waals surface area contributed by atoms with E-state index in [1.165, 1.54) is 13.2 Å². The van der Waals surface area contributed by atoms with Crippen LogP contribution >= 0.6 is 0 Å². The number of rotatable bonds is 7. The summed E-state index contributed by atoms with van der Waals surface area (Å²) < 4.78 is 5.06. The molecular weight excluding hydrogens is 168 g/mol. The van der Waals surface area contributed by atoms with Crippen molar-refractivity contribution in [2.24, 2.45) is 5.92 Å². The van der Waals surface area contributed by atoms with Crippen molar-refractivity contribution in [3.8, 4) is 0 Å². The van der Waals surface area contributed by atoms with Crippen LogP contribution in [0.3, 0.4) is 0 Å². The van der Waals surface area contributed by atoms with Crippen molar-refractivity contribution in [1.82, 2.24) is 0 Å². The Morgan fingerprint density at radius 2 is 2.00 bits per heavy atom. The first-order valence-corrected chi connectivity index (χ1v) is 4.26. The molecule has 0 unspecified atom stereocenters. The molecule has 2 N–H and O–H groups in total. The Kier molecular flexibility index (Phi) is 6.49. The first kappa shape index (κ1) is 12.4. The van der Waals surface area contributed by atoms with Gasteiger partial charge in [0.25, 0.3) is 0 Å². The molecule has 0 rings (SSSR count). The van der Waals surface area contributed by atoms with E-state index >= 15 is 0 Å². The number of hydrogen-bond donors (Lipinski definition) is 2. The molecule has 0 aliphatic heterocycles. The molecule has 13 heavy (non-hydrogen) atoms. The van der Waals surface area contributed by atoms with Crippen molar-refractivity contribution >= 4 is 0 Å². The summed E-state index contributed by atoms with van der Waals surface area (Å²) in [5, 5.41) is 18.3. The zero-order valence-corrected chi connectivity index (χ0v) is 8.02. The first-order valence-electron chi connectivity index (χ1n) is 4.26. The van der Waals surface area contributed by atoms with E-state index in [4.69, 9.17) is 9.84 Å². The van der Waals surface area contributed by atoms with Gasteiger partial charge in [0.15, 0.2) is 0 Å². The molecule has 0 saturated heterocycles. The standard InChI is InChI=1S/C10H18O3/c1-4-8(7-11)6-10(13-3)9(12)5-2/h4-5,8-12H,1-2,6-7H2,3H3/t8-,9-,10-/m1/s1. The van der Waals surface area contributed by atoms with Gasteiger partial charge in [0.1, 0.15) is 0 Å². The fourth-order valence-corrected chi connectivity index (χ4v) is 1.07. The number of aliphatic hydroxyl groups is 2. The van der Waals surface area contributed by atoms with E-state index in [9.17, 15) is 5.11 Å². The zero-order valence-electron chi connectivity index (χ0n) is 8.02. The zero-order chi connectivity index (χ0) is 10.3. The van der Waals surface area contributed by atoms with Crippen LogP contribution in [-0.4, -0.2) is 36.1 Å². The first-order chi connectivity index (χ1) is 6.19. The minimum atomic E-state index is -0.695. The highest BCUT2D eigenvalue weighted by Crippen LogP contribution is 2.13. The third kappa shape index (κ3) is 4.22. The molecule has 0 aromatic carbocycles. The lowest BCUT2D eigenvalue weighted by molar-refractivity contribution is -0.00292. The van der Waals surface area contributed by atoms with Crippen LogP contribution in [-0.2, 0) is 4.74 Å². The molecule has 0 radical (unpaired) electrons. The smallest absolute Gasteiger partial charge is 0.0980 e. The molecule has 76 valence electrons. The third-order valence-electron chi connectivity index (χ3n) is 2.03. The van der Waals surface area contributed by atoms with Crippen LogP contribution in [0.1, 0.15) is 6.42 Å². The van der Waals surface area contributed by atoms with Crippen LogP contribution in [0.4, 0.5) is 0 Å². The van der Waals surface area contributed by atoms with Gasteiger partial charge >= 0.3 is 0 Å². The Hall–Kier alpha value is -0.640. The van der Waals surface area contributed by atoms with Gasteiger partial charge in [-0.15, -0.1) is 13.2 Å². The van der Waals surface area contributed by atoms with Crippen molar-refractivity contribution in [2.45, 2.75) is 18.6 Å². The average molecular weight is 186 g/mol. The quantitative estimate of drug-likeness (QED) is 0.576. The molecule has 0 spiro atoms. The largest absolute Gasteiger partial charge is 0.396 e. The molecule has 0 aromatic rings. The van der Waals surface area contributed by atoms with Gasteiger partial charge in [-0.2, -0.15) is 0 Å². The van der Waals surface area contributed by atoms with E-state index in [0.29, 0.717) is 6.42 Å². The molecule has 0 aliphatic rings.